The zero-order valence-corrected chi connectivity index (χ0v) is 12.0. The van der Waals surface area contributed by atoms with Crippen molar-refractivity contribution in [3.63, 3.8) is 0 Å². The monoisotopic (exact) mass is 244 g/mol. The van der Waals surface area contributed by atoms with Gasteiger partial charge < -0.3 is 0 Å². The summed E-state index contributed by atoms with van der Waals surface area (Å²) in [7, 11) is 0. The van der Waals surface area contributed by atoms with Crippen molar-refractivity contribution in [3.05, 3.63) is 0 Å². The van der Waals surface area contributed by atoms with E-state index in [2.05, 4.69) is 13.8 Å². The first kappa shape index (κ1) is 16.4. The second-order valence-electron chi connectivity index (χ2n) is 6.04. The van der Waals surface area contributed by atoms with Crippen molar-refractivity contribution in [1.29, 1.82) is 0 Å². The first-order valence-corrected chi connectivity index (χ1v) is 6.68. The summed E-state index contributed by atoms with van der Waals surface area (Å²) in [6.07, 6.45) is 5.89. The summed E-state index contributed by atoms with van der Waals surface area (Å²) in [5.74, 6) is 0.483. The molecule has 0 amide bonds. The molecule has 0 bridgehead atoms. The van der Waals surface area contributed by atoms with Gasteiger partial charge in [0.05, 0.1) is 12.0 Å². The first-order valence-electron chi connectivity index (χ1n) is 6.68. The van der Waals surface area contributed by atoms with E-state index in [1.807, 2.05) is 20.8 Å². The molecule has 0 unspecified atom stereocenters. The summed E-state index contributed by atoms with van der Waals surface area (Å²) in [6.45, 7) is 10.4. The van der Waals surface area contributed by atoms with Crippen molar-refractivity contribution < 1.29 is 14.6 Å². The topological polar surface area (TPSA) is 35.5 Å². The molecule has 0 aromatic heterocycles. The summed E-state index contributed by atoms with van der Waals surface area (Å²) in [4.78, 5) is 20.9. The second-order valence-corrected chi connectivity index (χ2v) is 6.04. The van der Waals surface area contributed by atoms with Gasteiger partial charge in [0.1, 0.15) is 0 Å². The minimum Gasteiger partial charge on any atom is -0.298 e. The molecule has 0 atom stereocenters. The van der Waals surface area contributed by atoms with Crippen LogP contribution in [-0.4, -0.2) is 12.6 Å². The lowest BCUT2D eigenvalue weighted by Gasteiger charge is -2.14. The molecule has 0 aliphatic rings. The van der Waals surface area contributed by atoms with Crippen LogP contribution in [0.4, 0.5) is 0 Å². The van der Waals surface area contributed by atoms with E-state index in [1.54, 1.807) is 0 Å². The minimum absolute atomic E-state index is 0.308. The van der Waals surface area contributed by atoms with Crippen LogP contribution in [0.1, 0.15) is 66.7 Å². The molecule has 0 aliphatic carbocycles. The number of hydrogen-bond acceptors (Lipinski definition) is 3. The quantitative estimate of drug-likeness (QED) is 0.366. The van der Waals surface area contributed by atoms with E-state index in [9.17, 15) is 4.79 Å². The van der Waals surface area contributed by atoms with Crippen molar-refractivity contribution in [2.75, 3.05) is 6.61 Å². The Morgan fingerprint density at radius 1 is 1.06 bits per heavy atom. The van der Waals surface area contributed by atoms with E-state index in [0.717, 1.165) is 18.8 Å². The van der Waals surface area contributed by atoms with Gasteiger partial charge in [0, 0.05) is 0 Å². The van der Waals surface area contributed by atoms with Gasteiger partial charge in [-0.25, -0.2) is 4.79 Å². The summed E-state index contributed by atoms with van der Waals surface area (Å²) >= 11 is 0. The summed E-state index contributed by atoms with van der Waals surface area (Å²) in [5, 5.41) is 0. The average molecular weight is 244 g/mol. The van der Waals surface area contributed by atoms with Gasteiger partial charge in [-0.1, -0.05) is 39.5 Å². The highest BCUT2D eigenvalue weighted by atomic mass is 17.2. The molecule has 3 nitrogen and oxygen atoms in total. The Morgan fingerprint density at radius 3 is 2.18 bits per heavy atom. The average Bonchev–Trinajstić information content (AvgIpc) is 2.19. The maximum atomic E-state index is 11.3. The molecule has 0 radical (unpaired) electrons. The molecule has 0 spiro atoms. The van der Waals surface area contributed by atoms with E-state index < -0.39 is 5.41 Å². The highest BCUT2D eigenvalue weighted by molar-refractivity contribution is 5.74. The van der Waals surface area contributed by atoms with Crippen LogP contribution in [0.25, 0.3) is 0 Å². The third-order valence-corrected chi connectivity index (χ3v) is 2.51. The largest absolute Gasteiger partial charge is 0.347 e. The molecular formula is C14H28O3. The molecule has 3 heteroatoms. The fourth-order valence-corrected chi connectivity index (χ4v) is 1.29. The van der Waals surface area contributed by atoms with Crippen LogP contribution < -0.4 is 0 Å². The number of hydrogen-bond donors (Lipinski definition) is 0. The molecule has 0 heterocycles. The molecule has 0 saturated heterocycles. The molecule has 0 aromatic rings. The Hall–Kier alpha value is -0.570. The maximum Gasteiger partial charge on any atom is 0.347 e. The van der Waals surface area contributed by atoms with Crippen LogP contribution in [0, 0.1) is 11.3 Å². The second kappa shape index (κ2) is 8.51. The van der Waals surface area contributed by atoms with Crippen LogP contribution in [-0.2, 0) is 14.6 Å². The summed E-state index contributed by atoms with van der Waals surface area (Å²) < 4.78 is 0. The first-order chi connectivity index (χ1) is 7.84. The number of carbonyl (C=O) groups is 1. The standard InChI is InChI=1S/C14H28O3/c1-12(2)10-8-6-7-9-11-16-17-13(15)14(3,4)5/h12H,6-11H2,1-5H3. The van der Waals surface area contributed by atoms with Crippen LogP contribution in [0.15, 0.2) is 0 Å². The SMILES string of the molecule is CC(C)CCCCCCOOC(=O)C(C)(C)C. The molecular weight excluding hydrogens is 216 g/mol. The van der Waals surface area contributed by atoms with E-state index in [-0.39, 0.29) is 5.97 Å². The molecule has 0 saturated carbocycles. The normalized spacial score (nSPS) is 11.9. The van der Waals surface area contributed by atoms with Gasteiger partial charge in [-0.2, -0.15) is 4.89 Å². The van der Waals surface area contributed by atoms with Crippen LogP contribution >= 0.6 is 0 Å². The Morgan fingerprint density at radius 2 is 1.65 bits per heavy atom. The third-order valence-electron chi connectivity index (χ3n) is 2.51. The van der Waals surface area contributed by atoms with E-state index in [1.165, 1.54) is 19.3 Å². The third kappa shape index (κ3) is 10.3. The van der Waals surface area contributed by atoms with Crippen LogP contribution in [0.3, 0.4) is 0 Å². The van der Waals surface area contributed by atoms with Gasteiger partial charge >= 0.3 is 5.97 Å². The zero-order chi connectivity index (χ0) is 13.3. The van der Waals surface area contributed by atoms with Crippen molar-refractivity contribution in [2.45, 2.75) is 66.7 Å². The smallest absolute Gasteiger partial charge is 0.298 e. The van der Waals surface area contributed by atoms with Gasteiger partial charge in [0.25, 0.3) is 0 Å². The lowest BCUT2D eigenvalue weighted by atomic mass is 9.98. The zero-order valence-electron chi connectivity index (χ0n) is 12.0. The van der Waals surface area contributed by atoms with Crippen molar-refractivity contribution in [2.24, 2.45) is 11.3 Å². The van der Waals surface area contributed by atoms with E-state index >= 15 is 0 Å². The Kier molecular flexibility index (Phi) is 8.23. The van der Waals surface area contributed by atoms with Crippen molar-refractivity contribution >= 4 is 5.97 Å². The van der Waals surface area contributed by atoms with Crippen LogP contribution in [0.5, 0.6) is 0 Å². The summed E-state index contributed by atoms with van der Waals surface area (Å²) in [5.41, 5.74) is -0.489. The molecule has 0 aromatic carbocycles. The predicted octanol–water partition coefficient (Wildman–Crippen LogP) is 4.11. The highest BCUT2D eigenvalue weighted by Crippen LogP contribution is 2.15. The Labute approximate surface area is 106 Å². The minimum atomic E-state index is -0.489. The maximum absolute atomic E-state index is 11.3. The van der Waals surface area contributed by atoms with Crippen LogP contribution in [0.2, 0.25) is 0 Å². The fraction of sp³-hybridized carbons (Fsp3) is 0.929. The van der Waals surface area contributed by atoms with Gasteiger partial charge in [0.15, 0.2) is 0 Å². The highest BCUT2D eigenvalue weighted by Gasteiger charge is 2.24. The van der Waals surface area contributed by atoms with Crippen molar-refractivity contribution in [3.8, 4) is 0 Å². The van der Waals surface area contributed by atoms with Gasteiger partial charge in [-0.05, 0) is 33.1 Å². The molecule has 17 heavy (non-hydrogen) atoms. The molecule has 0 fully saturated rings. The number of rotatable bonds is 8. The molecule has 0 N–H and O–H groups in total. The lowest BCUT2D eigenvalue weighted by molar-refractivity contribution is -0.279. The lowest BCUT2D eigenvalue weighted by Crippen LogP contribution is -2.23. The number of unbranched alkanes of at least 4 members (excludes halogenated alkanes) is 3. The Bertz CT molecular complexity index is 204. The van der Waals surface area contributed by atoms with E-state index in [0.29, 0.717) is 6.61 Å². The molecule has 0 rings (SSSR count). The van der Waals surface area contributed by atoms with E-state index in [4.69, 9.17) is 9.78 Å². The Balaban J connectivity index is 3.27. The molecule has 0 aliphatic heterocycles. The van der Waals surface area contributed by atoms with Gasteiger partial charge in [0.2, 0.25) is 0 Å². The number of carbonyl (C=O) groups excluding carboxylic acids is 1. The molecule has 102 valence electrons. The van der Waals surface area contributed by atoms with Crippen molar-refractivity contribution in [1.82, 2.24) is 0 Å². The fourth-order valence-electron chi connectivity index (χ4n) is 1.29. The van der Waals surface area contributed by atoms with Gasteiger partial charge in [-0.3, -0.25) is 4.89 Å². The summed E-state index contributed by atoms with van der Waals surface area (Å²) in [6, 6.07) is 0. The van der Waals surface area contributed by atoms with Gasteiger partial charge in [-0.15, -0.1) is 0 Å². The predicted molar refractivity (Wildman–Crippen MR) is 69.4 cm³/mol.